The van der Waals surface area contributed by atoms with Crippen LogP contribution in [-0.2, 0) is 17.8 Å². The fourth-order valence-electron chi connectivity index (χ4n) is 2.95. The van der Waals surface area contributed by atoms with Crippen molar-refractivity contribution < 1.29 is 9.47 Å². The maximum Gasteiger partial charge on any atom is 0.337 e. The number of hydrogen-bond acceptors (Lipinski definition) is 5. The van der Waals surface area contributed by atoms with E-state index in [2.05, 4.69) is 4.98 Å². The molecule has 0 N–H and O–H groups in total. The van der Waals surface area contributed by atoms with Crippen molar-refractivity contribution in [3.05, 3.63) is 51.4 Å². The van der Waals surface area contributed by atoms with Crippen LogP contribution in [0, 0.1) is 0 Å². The summed E-state index contributed by atoms with van der Waals surface area (Å²) < 4.78 is 14.7. The van der Waals surface area contributed by atoms with Crippen LogP contribution >= 0.6 is 0 Å². The summed E-state index contributed by atoms with van der Waals surface area (Å²) >= 11 is 0. The predicted molar refractivity (Wildman–Crippen MR) is 98.3 cm³/mol. The molecule has 3 aromatic rings. The summed E-state index contributed by atoms with van der Waals surface area (Å²) in [6, 6.07) is 7.11. The van der Waals surface area contributed by atoms with Crippen molar-refractivity contribution in [1.29, 1.82) is 0 Å². The molecule has 2 aromatic heterocycles. The summed E-state index contributed by atoms with van der Waals surface area (Å²) in [5.74, 6) is 0.616. The molecule has 0 atom stereocenters. The lowest BCUT2D eigenvalue weighted by Gasteiger charge is -2.13. The molecule has 0 unspecified atom stereocenters. The molecule has 0 aliphatic rings. The van der Waals surface area contributed by atoms with E-state index in [0.717, 1.165) is 6.42 Å². The Kier molecular flexibility index (Phi) is 5.22. The highest BCUT2D eigenvalue weighted by Gasteiger charge is 2.19. The molecule has 0 aliphatic heterocycles. The molecule has 3 rings (SSSR count). The molecule has 138 valence electrons. The minimum absolute atomic E-state index is 0.172. The van der Waals surface area contributed by atoms with Crippen LogP contribution in [0.3, 0.4) is 0 Å². The summed E-state index contributed by atoms with van der Waals surface area (Å²) in [7, 11) is 3.10. The molecule has 0 saturated carbocycles. The Hall–Kier alpha value is -2.87. The van der Waals surface area contributed by atoms with Crippen molar-refractivity contribution in [1.82, 2.24) is 18.7 Å². The van der Waals surface area contributed by atoms with Crippen LogP contribution in [0.1, 0.15) is 13.3 Å². The Bertz CT molecular complexity index is 1030. The van der Waals surface area contributed by atoms with Crippen molar-refractivity contribution in [3.8, 4) is 11.4 Å². The third kappa shape index (κ3) is 3.03. The monoisotopic (exact) mass is 358 g/mol. The predicted octanol–water partition coefficient (Wildman–Crippen LogP) is 1.41. The maximum atomic E-state index is 13.1. The molecule has 0 aliphatic carbocycles. The summed E-state index contributed by atoms with van der Waals surface area (Å²) in [5, 5.41) is 0. The van der Waals surface area contributed by atoms with Crippen LogP contribution in [0.2, 0.25) is 0 Å². The summed E-state index contributed by atoms with van der Waals surface area (Å²) in [6.07, 6.45) is 2.45. The van der Waals surface area contributed by atoms with E-state index in [1.54, 1.807) is 42.3 Å². The second-order valence-electron chi connectivity index (χ2n) is 5.88. The number of aryl methyl sites for hydroxylation is 1. The van der Waals surface area contributed by atoms with Gasteiger partial charge in [0.1, 0.15) is 5.75 Å². The first-order valence-electron chi connectivity index (χ1n) is 8.46. The minimum atomic E-state index is -0.449. The van der Waals surface area contributed by atoms with Crippen LogP contribution in [0.25, 0.3) is 16.9 Å². The second kappa shape index (κ2) is 7.57. The van der Waals surface area contributed by atoms with Crippen molar-refractivity contribution in [2.45, 2.75) is 26.4 Å². The number of fused-ring (bicyclic) bond motifs is 1. The largest absolute Gasteiger partial charge is 0.497 e. The normalized spacial score (nSPS) is 11.2. The fraction of sp³-hybridized carbons (Fsp3) is 0.389. The van der Waals surface area contributed by atoms with E-state index in [4.69, 9.17) is 9.47 Å². The van der Waals surface area contributed by atoms with E-state index >= 15 is 0 Å². The average Bonchev–Trinajstić information content (AvgIpc) is 3.06. The SMILES string of the molecule is CCCn1cnc2c1c(=O)n(CCOC)c(=O)n2-c1cccc(OC)c1. The lowest BCUT2D eigenvalue weighted by atomic mass is 10.3. The van der Waals surface area contributed by atoms with Crippen LogP contribution in [0.5, 0.6) is 5.75 Å². The van der Waals surface area contributed by atoms with E-state index in [1.807, 2.05) is 6.92 Å². The molecular weight excluding hydrogens is 336 g/mol. The van der Waals surface area contributed by atoms with Gasteiger partial charge in [0.15, 0.2) is 11.2 Å². The van der Waals surface area contributed by atoms with Gasteiger partial charge in [0, 0.05) is 19.7 Å². The Morgan fingerprint density at radius 3 is 2.65 bits per heavy atom. The quantitative estimate of drug-likeness (QED) is 0.638. The molecule has 1 aromatic carbocycles. The van der Waals surface area contributed by atoms with E-state index in [9.17, 15) is 9.59 Å². The van der Waals surface area contributed by atoms with Gasteiger partial charge in [-0.15, -0.1) is 0 Å². The summed E-state index contributed by atoms with van der Waals surface area (Å²) in [5.41, 5.74) is 0.537. The average molecular weight is 358 g/mol. The van der Waals surface area contributed by atoms with Crippen LogP contribution in [0.4, 0.5) is 0 Å². The number of nitrogens with zero attached hydrogens (tertiary/aromatic N) is 4. The first kappa shape index (κ1) is 17.9. The van der Waals surface area contributed by atoms with Crippen molar-refractivity contribution in [2.75, 3.05) is 20.8 Å². The van der Waals surface area contributed by atoms with Gasteiger partial charge in [-0.3, -0.25) is 9.36 Å². The fourth-order valence-corrected chi connectivity index (χ4v) is 2.95. The molecule has 0 radical (unpaired) electrons. The number of methoxy groups -OCH3 is 2. The Morgan fingerprint density at radius 1 is 1.15 bits per heavy atom. The number of ether oxygens (including phenoxy) is 2. The third-order valence-corrected chi connectivity index (χ3v) is 4.20. The molecule has 0 amide bonds. The van der Waals surface area contributed by atoms with Gasteiger partial charge < -0.3 is 14.0 Å². The first-order chi connectivity index (χ1) is 12.6. The molecule has 8 heteroatoms. The van der Waals surface area contributed by atoms with Gasteiger partial charge in [0.2, 0.25) is 0 Å². The standard InChI is InChI=1S/C18H22N4O4/c1-4-8-20-12-19-16-15(20)17(23)21(9-10-25-2)18(24)22(16)13-6-5-7-14(11-13)26-3/h5-7,11-12H,4,8-10H2,1-3H3. The van der Waals surface area contributed by atoms with Gasteiger partial charge in [0.05, 0.1) is 32.3 Å². The first-order valence-corrected chi connectivity index (χ1v) is 8.46. The Balaban J connectivity index is 2.36. The molecule has 26 heavy (non-hydrogen) atoms. The van der Waals surface area contributed by atoms with Gasteiger partial charge in [-0.05, 0) is 18.6 Å². The van der Waals surface area contributed by atoms with Gasteiger partial charge in [-0.1, -0.05) is 13.0 Å². The van der Waals surface area contributed by atoms with Crippen molar-refractivity contribution in [3.63, 3.8) is 0 Å². The maximum absolute atomic E-state index is 13.1. The molecule has 0 bridgehead atoms. The zero-order chi connectivity index (χ0) is 18.7. The lowest BCUT2D eigenvalue weighted by molar-refractivity contribution is 0.184. The third-order valence-electron chi connectivity index (χ3n) is 4.20. The van der Waals surface area contributed by atoms with Crippen molar-refractivity contribution in [2.24, 2.45) is 0 Å². The Labute approximate surface area is 150 Å². The Morgan fingerprint density at radius 2 is 1.96 bits per heavy atom. The molecule has 0 saturated heterocycles. The van der Waals surface area contributed by atoms with Crippen LogP contribution in [0.15, 0.2) is 40.2 Å². The molecule has 0 fully saturated rings. The lowest BCUT2D eigenvalue weighted by Crippen LogP contribution is -2.41. The smallest absolute Gasteiger partial charge is 0.337 e. The number of hydrogen-bond donors (Lipinski definition) is 0. The highest BCUT2D eigenvalue weighted by atomic mass is 16.5. The van der Waals surface area contributed by atoms with Gasteiger partial charge in [0.25, 0.3) is 5.56 Å². The highest BCUT2D eigenvalue weighted by molar-refractivity contribution is 5.72. The van der Waals surface area contributed by atoms with Gasteiger partial charge >= 0.3 is 5.69 Å². The number of aromatic nitrogens is 4. The van der Waals surface area contributed by atoms with Crippen LogP contribution in [-0.4, -0.2) is 39.5 Å². The van der Waals surface area contributed by atoms with Crippen LogP contribution < -0.4 is 16.0 Å². The highest BCUT2D eigenvalue weighted by Crippen LogP contribution is 2.18. The number of rotatable bonds is 7. The van der Waals surface area contributed by atoms with Crippen molar-refractivity contribution >= 4 is 11.2 Å². The minimum Gasteiger partial charge on any atom is -0.497 e. The summed E-state index contributed by atoms with van der Waals surface area (Å²) in [4.78, 5) is 30.3. The van der Waals surface area contributed by atoms with E-state index < -0.39 is 5.69 Å². The molecule has 0 spiro atoms. The number of imidazole rings is 1. The molecule has 8 nitrogen and oxygen atoms in total. The zero-order valence-corrected chi connectivity index (χ0v) is 15.1. The van der Waals surface area contributed by atoms with E-state index in [-0.39, 0.29) is 18.7 Å². The van der Waals surface area contributed by atoms with E-state index in [1.165, 1.54) is 16.2 Å². The molecule has 2 heterocycles. The van der Waals surface area contributed by atoms with Gasteiger partial charge in [-0.25, -0.2) is 14.3 Å². The zero-order valence-electron chi connectivity index (χ0n) is 15.1. The molecular formula is C18H22N4O4. The summed E-state index contributed by atoms with van der Waals surface area (Å²) in [6.45, 7) is 3.10. The topological polar surface area (TPSA) is 80.3 Å². The second-order valence-corrected chi connectivity index (χ2v) is 5.88. The van der Waals surface area contributed by atoms with Gasteiger partial charge in [-0.2, -0.15) is 0 Å². The van der Waals surface area contributed by atoms with E-state index in [0.29, 0.717) is 29.1 Å². The number of benzene rings is 1.